The van der Waals surface area contributed by atoms with E-state index in [1.165, 1.54) is 0 Å². The first-order valence-electron chi connectivity index (χ1n) is 7.90. The molecule has 5 heteroatoms. The van der Waals surface area contributed by atoms with Gasteiger partial charge in [0.2, 0.25) is 0 Å². The first kappa shape index (κ1) is 16.2. The van der Waals surface area contributed by atoms with Gasteiger partial charge in [-0.3, -0.25) is 0 Å². The molecule has 2 aliphatic rings. The molecule has 2 atom stereocenters. The third-order valence-corrected chi connectivity index (χ3v) is 3.94. The van der Waals surface area contributed by atoms with Gasteiger partial charge in [-0.25, -0.2) is 0 Å². The van der Waals surface area contributed by atoms with Gasteiger partial charge >= 0.3 is 0 Å². The Morgan fingerprint density at radius 1 is 1.25 bits per heavy atom. The minimum atomic E-state index is -0.393. The monoisotopic (exact) mass is 287 g/mol. The van der Waals surface area contributed by atoms with Crippen LogP contribution in [0.4, 0.5) is 0 Å². The van der Waals surface area contributed by atoms with Gasteiger partial charge in [0.15, 0.2) is 5.79 Å². The van der Waals surface area contributed by atoms with E-state index in [9.17, 15) is 0 Å². The molecule has 5 nitrogen and oxygen atoms in total. The van der Waals surface area contributed by atoms with E-state index in [4.69, 9.17) is 18.9 Å². The van der Waals surface area contributed by atoms with Crippen molar-refractivity contribution in [3.8, 4) is 0 Å². The van der Waals surface area contributed by atoms with Crippen molar-refractivity contribution in [3.63, 3.8) is 0 Å². The molecule has 2 unspecified atom stereocenters. The van der Waals surface area contributed by atoms with Gasteiger partial charge in [-0.05, 0) is 26.8 Å². The Morgan fingerprint density at radius 3 is 2.65 bits per heavy atom. The van der Waals surface area contributed by atoms with E-state index >= 15 is 0 Å². The van der Waals surface area contributed by atoms with Crippen LogP contribution in [0.3, 0.4) is 0 Å². The van der Waals surface area contributed by atoms with Crippen molar-refractivity contribution in [1.29, 1.82) is 0 Å². The van der Waals surface area contributed by atoms with Crippen molar-refractivity contribution in [1.82, 2.24) is 5.32 Å². The van der Waals surface area contributed by atoms with Crippen LogP contribution < -0.4 is 5.32 Å². The second-order valence-corrected chi connectivity index (χ2v) is 5.84. The fraction of sp³-hybridized carbons (Fsp3) is 1.00. The zero-order chi connectivity index (χ0) is 14.4. The minimum absolute atomic E-state index is 0.137. The Hall–Kier alpha value is -0.200. The molecule has 0 amide bonds. The SMILES string of the molecule is CCNC1CCC2(CC1OCCOC(C)C)OCCO2. The van der Waals surface area contributed by atoms with E-state index in [1.807, 2.05) is 13.8 Å². The van der Waals surface area contributed by atoms with Crippen molar-refractivity contribution in [3.05, 3.63) is 0 Å². The molecule has 1 heterocycles. The smallest absolute Gasteiger partial charge is 0.171 e. The highest BCUT2D eigenvalue weighted by Crippen LogP contribution is 2.37. The lowest BCUT2D eigenvalue weighted by molar-refractivity contribution is -0.208. The first-order chi connectivity index (χ1) is 9.65. The summed E-state index contributed by atoms with van der Waals surface area (Å²) >= 11 is 0. The molecule has 1 aliphatic heterocycles. The Labute approximate surface area is 122 Å². The third kappa shape index (κ3) is 4.40. The van der Waals surface area contributed by atoms with Gasteiger partial charge < -0.3 is 24.3 Å². The fourth-order valence-corrected chi connectivity index (χ4v) is 3.03. The topological polar surface area (TPSA) is 49.0 Å². The molecular formula is C15H29NO4. The van der Waals surface area contributed by atoms with Crippen molar-refractivity contribution < 1.29 is 18.9 Å². The Bertz CT molecular complexity index is 279. The molecule has 1 N–H and O–H groups in total. The third-order valence-electron chi connectivity index (χ3n) is 3.94. The highest BCUT2D eigenvalue weighted by Gasteiger charge is 2.45. The van der Waals surface area contributed by atoms with Crippen LogP contribution in [-0.4, -0.2) is 57.0 Å². The van der Waals surface area contributed by atoms with Crippen LogP contribution in [0.25, 0.3) is 0 Å². The van der Waals surface area contributed by atoms with Crippen LogP contribution in [0, 0.1) is 0 Å². The summed E-state index contributed by atoms with van der Waals surface area (Å²) in [4.78, 5) is 0. The van der Waals surface area contributed by atoms with Gasteiger partial charge in [0.05, 0.1) is 38.6 Å². The van der Waals surface area contributed by atoms with Gasteiger partial charge in [-0.2, -0.15) is 0 Å². The van der Waals surface area contributed by atoms with E-state index in [0.29, 0.717) is 32.5 Å². The molecule has 0 bridgehead atoms. The van der Waals surface area contributed by atoms with Gasteiger partial charge in [0, 0.05) is 18.9 Å². The summed E-state index contributed by atoms with van der Waals surface area (Å²) in [6.45, 7) is 9.84. The second-order valence-electron chi connectivity index (χ2n) is 5.84. The number of ether oxygens (including phenoxy) is 4. The average molecular weight is 287 g/mol. The van der Waals surface area contributed by atoms with Crippen LogP contribution in [0.1, 0.15) is 40.0 Å². The summed E-state index contributed by atoms with van der Waals surface area (Å²) in [6, 6.07) is 0.387. The molecule has 1 saturated carbocycles. The first-order valence-corrected chi connectivity index (χ1v) is 7.90. The lowest BCUT2D eigenvalue weighted by Gasteiger charge is -2.41. The maximum atomic E-state index is 6.04. The molecule has 0 aromatic heterocycles. The summed E-state index contributed by atoms with van der Waals surface area (Å²) in [5.41, 5.74) is 0. The largest absolute Gasteiger partial charge is 0.376 e. The van der Waals surface area contributed by atoms with Crippen molar-refractivity contribution >= 4 is 0 Å². The molecule has 20 heavy (non-hydrogen) atoms. The standard InChI is InChI=1S/C15H29NO4/c1-4-16-13-5-6-15(19-9-10-20-15)11-14(13)18-8-7-17-12(2)3/h12-14,16H,4-11H2,1-3H3. The number of hydrogen-bond acceptors (Lipinski definition) is 5. The summed E-state index contributed by atoms with van der Waals surface area (Å²) in [5, 5.41) is 3.51. The van der Waals surface area contributed by atoms with Crippen LogP contribution in [0.5, 0.6) is 0 Å². The molecule has 0 radical (unpaired) electrons. The summed E-state index contributed by atoms with van der Waals surface area (Å²) in [7, 11) is 0. The number of nitrogens with one attached hydrogen (secondary N) is 1. The molecule has 1 spiro atoms. The Morgan fingerprint density at radius 2 is 2.00 bits per heavy atom. The zero-order valence-corrected chi connectivity index (χ0v) is 13.0. The zero-order valence-electron chi connectivity index (χ0n) is 13.0. The van der Waals surface area contributed by atoms with Crippen molar-refractivity contribution in [2.75, 3.05) is 33.0 Å². The quantitative estimate of drug-likeness (QED) is 0.722. The predicted octanol–water partition coefficient (Wildman–Crippen LogP) is 1.70. The highest BCUT2D eigenvalue weighted by atomic mass is 16.7. The second kappa shape index (κ2) is 7.71. The van der Waals surface area contributed by atoms with E-state index in [1.54, 1.807) is 0 Å². The maximum absolute atomic E-state index is 6.04. The van der Waals surface area contributed by atoms with E-state index in [0.717, 1.165) is 25.8 Å². The van der Waals surface area contributed by atoms with Gasteiger partial charge in [0.25, 0.3) is 0 Å². The van der Waals surface area contributed by atoms with Crippen LogP contribution in [0.15, 0.2) is 0 Å². The van der Waals surface area contributed by atoms with Crippen molar-refractivity contribution in [2.24, 2.45) is 0 Å². The van der Waals surface area contributed by atoms with Crippen LogP contribution in [0.2, 0.25) is 0 Å². The molecule has 2 rings (SSSR count). The summed E-state index contributed by atoms with van der Waals surface area (Å²) in [5.74, 6) is -0.393. The molecule has 2 fully saturated rings. The Kier molecular flexibility index (Phi) is 6.23. The average Bonchev–Trinajstić information content (AvgIpc) is 2.86. The molecule has 1 saturated heterocycles. The predicted molar refractivity (Wildman–Crippen MR) is 76.8 cm³/mol. The summed E-state index contributed by atoms with van der Waals surface area (Å²) < 4.78 is 23.2. The highest BCUT2D eigenvalue weighted by molar-refractivity contribution is 4.92. The van der Waals surface area contributed by atoms with Gasteiger partial charge in [0.1, 0.15) is 0 Å². The van der Waals surface area contributed by atoms with Crippen LogP contribution in [-0.2, 0) is 18.9 Å². The lowest BCUT2D eigenvalue weighted by Crippen LogP contribution is -2.52. The summed E-state index contributed by atoms with van der Waals surface area (Å²) in [6.07, 6.45) is 3.18. The van der Waals surface area contributed by atoms with Crippen molar-refractivity contribution in [2.45, 2.75) is 64.1 Å². The number of likely N-dealkylation sites (N-methyl/N-ethyl adjacent to an activating group) is 1. The molecular weight excluding hydrogens is 258 g/mol. The molecule has 0 aromatic carbocycles. The lowest BCUT2D eigenvalue weighted by atomic mass is 9.87. The minimum Gasteiger partial charge on any atom is -0.376 e. The van der Waals surface area contributed by atoms with E-state index in [-0.39, 0.29) is 12.2 Å². The Balaban J connectivity index is 1.82. The maximum Gasteiger partial charge on any atom is 0.171 e. The van der Waals surface area contributed by atoms with E-state index < -0.39 is 5.79 Å². The number of hydrogen-bond donors (Lipinski definition) is 1. The van der Waals surface area contributed by atoms with Gasteiger partial charge in [-0.1, -0.05) is 6.92 Å². The van der Waals surface area contributed by atoms with Gasteiger partial charge in [-0.15, -0.1) is 0 Å². The normalized spacial score (nSPS) is 29.4. The molecule has 0 aromatic rings. The number of rotatable bonds is 7. The molecule has 1 aliphatic carbocycles. The molecule has 118 valence electrons. The fourth-order valence-electron chi connectivity index (χ4n) is 3.03. The van der Waals surface area contributed by atoms with E-state index in [2.05, 4.69) is 12.2 Å². The van der Waals surface area contributed by atoms with Crippen LogP contribution >= 0.6 is 0 Å².